The third-order valence-corrected chi connectivity index (χ3v) is 4.95. The van der Waals surface area contributed by atoms with Crippen LogP contribution in [0.5, 0.6) is 11.5 Å². The first kappa shape index (κ1) is 19.8. The molecule has 0 spiro atoms. The van der Waals surface area contributed by atoms with Gasteiger partial charge in [-0.15, -0.1) is 0 Å². The lowest BCUT2D eigenvalue weighted by atomic mass is 10.2. The Balaban J connectivity index is 2.14. The predicted molar refractivity (Wildman–Crippen MR) is 103 cm³/mol. The van der Waals surface area contributed by atoms with E-state index >= 15 is 0 Å². The zero-order chi connectivity index (χ0) is 19.2. The Kier molecular flexibility index (Phi) is 6.63. The van der Waals surface area contributed by atoms with Crippen molar-refractivity contribution < 1.29 is 17.9 Å². The topological polar surface area (TPSA) is 75.7 Å². The molecule has 1 amide bonds. The van der Waals surface area contributed by atoms with Gasteiger partial charge in [0.25, 0.3) is 0 Å². The number of nitrogens with one attached hydrogen (secondary N) is 1. The van der Waals surface area contributed by atoms with Crippen molar-refractivity contribution >= 4 is 21.6 Å². The lowest BCUT2D eigenvalue weighted by Gasteiger charge is -2.23. The van der Waals surface area contributed by atoms with Gasteiger partial charge in [0.1, 0.15) is 18.0 Å². The van der Waals surface area contributed by atoms with Crippen molar-refractivity contribution in [2.24, 2.45) is 0 Å². The van der Waals surface area contributed by atoms with Gasteiger partial charge in [0.15, 0.2) is 0 Å². The van der Waals surface area contributed by atoms with Gasteiger partial charge in [-0.05, 0) is 49.7 Å². The highest BCUT2D eigenvalue weighted by Crippen LogP contribution is 2.25. The van der Waals surface area contributed by atoms with Crippen LogP contribution in [0, 0.1) is 0 Å². The van der Waals surface area contributed by atoms with Crippen LogP contribution in [-0.2, 0) is 14.8 Å². The smallest absolute Gasteiger partial charge is 0.240 e. The summed E-state index contributed by atoms with van der Waals surface area (Å²) >= 11 is 0. The number of hydrogen-bond donors (Lipinski definition) is 1. The Hall–Kier alpha value is -2.54. The Morgan fingerprint density at radius 2 is 1.65 bits per heavy atom. The van der Waals surface area contributed by atoms with E-state index in [0.717, 1.165) is 17.0 Å². The number of carbonyl (C=O) groups is 1. The molecule has 0 bridgehead atoms. The average molecular weight is 376 g/mol. The van der Waals surface area contributed by atoms with Gasteiger partial charge in [0.05, 0.1) is 11.9 Å². The molecular formula is C19H24N2O4S. The van der Waals surface area contributed by atoms with Crippen LogP contribution in [0.3, 0.4) is 0 Å². The molecule has 0 fully saturated rings. The zero-order valence-electron chi connectivity index (χ0n) is 15.2. The molecule has 1 N–H and O–H groups in total. The zero-order valence-corrected chi connectivity index (χ0v) is 16.0. The van der Waals surface area contributed by atoms with Crippen molar-refractivity contribution in [2.45, 2.75) is 26.3 Å². The third-order valence-electron chi connectivity index (χ3n) is 3.81. The number of nitrogens with zero attached hydrogens (tertiary/aromatic N) is 1. The highest BCUT2D eigenvalue weighted by atomic mass is 32.2. The average Bonchev–Trinajstić information content (AvgIpc) is 2.60. The number of hydrogen-bond acceptors (Lipinski definition) is 4. The molecule has 2 aromatic rings. The van der Waals surface area contributed by atoms with Crippen LogP contribution in [0.25, 0.3) is 0 Å². The molecule has 6 nitrogen and oxygen atoms in total. The highest BCUT2D eigenvalue weighted by Gasteiger charge is 2.21. The van der Waals surface area contributed by atoms with Gasteiger partial charge in [-0.3, -0.25) is 9.10 Å². The molecule has 2 rings (SSSR count). The van der Waals surface area contributed by atoms with Crippen molar-refractivity contribution in [3.05, 3.63) is 54.6 Å². The number of para-hydroxylation sites is 1. The Bertz CT molecular complexity index is 820. The summed E-state index contributed by atoms with van der Waals surface area (Å²) in [6.07, 6.45) is 1.86. The van der Waals surface area contributed by atoms with Crippen LogP contribution in [0.15, 0.2) is 54.6 Å². The Morgan fingerprint density at radius 3 is 2.19 bits per heavy atom. The summed E-state index contributed by atoms with van der Waals surface area (Å²) in [7, 11) is -3.60. The van der Waals surface area contributed by atoms with Crippen LogP contribution in [0.4, 0.5) is 5.69 Å². The molecule has 0 heterocycles. The molecule has 140 valence electrons. The van der Waals surface area contributed by atoms with Gasteiger partial charge in [-0.25, -0.2) is 8.42 Å². The number of ether oxygens (including phenoxy) is 1. The first-order valence-electron chi connectivity index (χ1n) is 8.39. The maximum Gasteiger partial charge on any atom is 0.240 e. The van der Waals surface area contributed by atoms with E-state index in [9.17, 15) is 13.2 Å². The minimum Gasteiger partial charge on any atom is -0.457 e. The third kappa shape index (κ3) is 5.77. The highest BCUT2D eigenvalue weighted by molar-refractivity contribution is 7.92. The molecular weight excluding hydrogens is 352 g/mol. The molecule has 1 atom stereocenters. The second-order valence-electron chi connectivity index (χ2n) is 6.06. The minimum absolute atomic E-state index is 0.00874. The van der Waals surface area contributed by atoms with Crippen LogP contribution >= 0.6 is 0 Å². The summed E-state index contributed by atoms with van der Waals surface area (Å²) in [5, 5.41) is 2.78. The molecule has 2 aromatic carbocycles. The van der Waals surface area contributed by atoms with E-state index < -0.39 is 10.0 Å². The fourth-order valence-corrected chi connectivity index (χ4v) is 3.11. The SMILES string of the molecule is CC[C@H](C)NC(=O)CN(c1ccc(Oc2ccccc2)cc1)S(C)(=O)=O. The fourth-order valence-electron chi connectivity index (χ4n) is 2.26. The first-order valence-corrected chi connectivity index (χ1v) is 10.2. The molecule has 0 aliphatic rings. The number of rotatable bonds is 8. The molecule has 0 aliphatic carbocycles. The molecule has 0 radical (unpaired) electrons. The molecule has 0 saturated heterocycles. The summed E-state index contributed by atoms with van der Waals surface area (Å²) in [6, 6.07) is 15.9. The van der Waals surface area contributed by atoms with Gasteiger partial charge < -0.3 is 10.1 Å². The lowest BCUT2D eigenvalue weighted by Crippen LogP contribution is -2.43. The number of amides is 1. The van der Waals surface area contributed by atoms with Gasteiger partial charge in [-0.1, -0.05) is 25.1 Å². The van der Waals surface area contributed by atoms with Gasteiger partial charge in [-0.2, -0.15) is 0 Å². The monoisotopic (exact) mass is 376 g/mol. The lowest BCUT2D eigenvalue weighted by molar-refractivity contribution is -0.120. The molecule has 0 saturated carbocycles. The van der Waals surface area contributed by atoms with E-state index in [4.69, 9.17) is 4.74 Å². The fraction of sp³-hybridized carbons (Fsp3) is 0.316. The van der Waals surface area contributed by atoms with Crippen LogP contribution in [0.1, 0.15) is 20.3 Å². The summed E-state index contributed by atoms with van der Waals surface area (Å²) < 4.78 is 31.0. The van der Waals surface area contributed by atoms with Crippen molar-refractivity contribution in [3.63, 3.8) is 0 Å². The molecule has 0 aliphatic heterocycles. The van der Waals surface area contributed by atoms with Crippen molar-refractivity contribution in [1.82, 2.24) is 5.32 Å². The Labute approximate surface area is 154 Å². The van der Waals surface area contributed by atoms with E-state index in [1.54, 1.807) is 24.3 Å². The van der Waals surface area contributed by atoms with Crippen molar-refractivity contribution in [2.75, 3.05) is 17.1 Å². The minimum atomic E-state index is -3.60. The van der Waals surface area contributed by atoms with Gasteiger partial charge in [0, 0.05) is 6.04 Å². The number of carbonyl (C=O) groups excluding carboxylic acids is 1. The number of benzene rings is 2. The van der Waals surface area contributed by atoms with E-state index in [1.807, 2.05) is 44.2 Å². The van der Waals surface area contributed by atoms with E-state index in [0.29, 0.717) is 17.2 Å². The van der Waals surface area contributed by atoms with E-state index in [1.165, 1.54) is 0 Å². The maximum atomic E-state index is 12.1. The summed E-state index contributed by atoms with van der Waals surface area (Å²) in [6.45, 7) is 3.56. The first-order chi connectivity index (χ1) is 12.3. The van der Waals surface area contributed by atoms with Crippen LogP contribution < -0.4 is 14.4 Å². The van der Waals surface area contributed by atoms with E-state index in [-0.39, 0.29) is 18.5 Å². The largest absolute Gasteiger partial charge is 0.457 e. The number of sulfonamides is 1. The molecule has 0 unspecified atom stereocenters. The summed E-state index contributed by atoms with van der Waals surface area (Å²) in [5.41, 5.74) is 0.409. The van der Waals surface area contributed by atoms with Crippen LogP contribution in [0.2, 0.25) is 0 Å². The predicted octanol–water partition coefficient (Wildman–Crippen LogP) is 3.16. The quantitative estimate of drug-likeness (QED) is 0.768. The standard InChI is InChI=1S/C19H24N2O4S/c1-4-15(2)20-19(22)14-21(26(3,23)24)16-10-12-18(13-11-16)25-17-8-6-5-7-9-17/h5-13,15H,4,14H2,1-3H3,(H,20,22)/t15-/m0/s1. The van der Waals surface area contributed by atoms with Crippen LogP contribution in [-0.4, -0.2) is 33.2 Å². The molecule has 26 heavy (non-hydrogen) atoms. The second-order valence-corrected chi connectivity index (χ2v) is 7.96. The Morgan fingerprint density at radius 1 is 1.08 bits per heavy atom. The summed E-state index contributed by atoms with van der Waals surface area (Å²) in [5.74, 6) is 0.931. The maximum absolute atomic E-state index is 12.1. The van der Waals surface area contributed by atoms with Crippen molar-refractivity contribution in [3.8, 4) is 11.5 Å². The summed E-state index contributed by atoms with van der Waals surface area (Å²) in [4.78, 5) is 12.1. The molecule has 0 aromatic heterocycles. The van der Waals surface area contributed by atoms with Crippen molar-refractivity contribution in [1.29, 1.82) is 0 Å². The van der Waals surface area contributed by atoms with Gasteiger partial charge in [0.2, 0.25) is 15.9 Å². The van der Waals surface area contributed by atoms with E-state index in [2.05, 4.69) is 5.32 Å². The second kappa shape index (κ2) is 8.71. The van der Waals surface area contributed by atoms with Gasteiger partial charge >= 0.3 is 0 Å². The molecule has 7 heteroatoms. The normalized spacial score (nSPS) is 12.3. The number of anilines is 1.